The molecule has 5 heteroatoms. The van der Waals surface area contributed by atoms with Gasteiger partial charge >= 0.3 is 29.6 Å². The molecule has 0 saturated carbocycles. The van der Waals surface area contributed by atoms with Gasteiger partial charge in [-0.1, -0.05) is 102 Å². The van der Waals surface area contributed by atoms with E-state index in [0.717, 1.165) is 47.6 Å². The number of aryl methyl sites for hydroxylation is 2. The SMILES string of the molecule is CCCCCCCCc1cc2ccccc2c(CCCCCCCC)c1S(=O)(=O)[O-].[Na+]. The zero-order chi connectivity index (χ0) is 21.8. The smallest absolute Gasteiger partial charge is 0.744 e. The van der Waals surface area contributed by atoms with Crippen LogP contribution in [0.2, 0.25) is 0 Å². The Bertz CT molecular complexity index is 878. The van der Waals surface area contributed by atoms with E-state index >= 15 is 0 Å². The van der Waals surface area contributed by atoms with Gasteiger partial charge in [-0.15, -0.1) is 0 Å². The molecule has 0 aliphatic rings. The van der Waals surface area contributed by atoms with E-state index in [-0.39, 0.29) is 34.5 Å². The van der Waals surface area contributed by atoms with Gasteiger partial charge in [0.25, 0.3) is 0 Å². The van der Waals surface area contributed by atoms with Crippen LogP contribution in [0.25, 0.3) is 10.8 Å². The second-order valence-corrected chi connectivity index (χ2v) is 9.87. The van der Waals surface area contributed by atoms with Crippen molar-refractivity contribution < 1.29 is 42.5 Å². The Morgan fingerprint density at radius 2 is 1.26 bits per heavy atom. The van der Waals surface area contributed by atoms with Crippen LogP contribution < -0.4 is 29.6 Å². The van der Waals surface area contributed by atoms with Crippen molar-refractivity contribution in [3.05, 3.63) is 41.5 Å². The molecule has 0 N–H and O–H groups in total. The van der Waals surface area contributed by atoms with E-state index in [9.17, 15) is 13.0 Å². The van der Waals surface area contributed by atoms with E-state index in [1.807, 2.05) is 30.3 Å². The third-order valence-electron chi connectivity index (χ3n) is 6.01. The molecule has 0 radical (unpaired) electrons. The van der Waals surface area contributed by atoms with E-state index in [4.69, 9.17) is 0 Å². The molecule has 31 heavy (non-hydrogen) atoms. The molecule has 3 nitrogen and oxygen atoms in total. The maximum absolute atomic E-state index is 12.3. The molecular formula is C26H39NaO3S. The van der Waals surface area contributed by atoms with E-state index in [2.05, 4.69) is 13.8 Å². The maximum Gasteiger partial charge on any atom is 1.00 e. The van der Waals surface area contributed by atoms with Crippen molar-refractivity contribution >= 4 is 20.9 Å². The number of rotatable bonds is 15. The van der Waals surface area contributed by atoms with E-state index < -0.39 is 10.1 Å². The minimum absolute atomic E-state index is 0. The third-order valence-corrected chi connectivity index (χ3v) is 7.02. The van der Waals surface area contributed by atoms with E-state index in [1.165, 1.54) is 51.4 Å². The molecule has 0 amide bonds. The maximum atomic E-state index is 12.3. The Morgan fingerprint density at radius 3 is 1.84 bits per heavy atom. The van der Waals surface area contributed by atoms with Crippen LogP contribution in [0.5, 0.6) is 0 Å². The first-order valence-electron chi connectivity index (χ1n) is 12.0. The summed E-state index contributed by atoms with van der Waals surface area (Å²) in [5.41, 5.74) is 1.47. The molecule has 2 aromatic rings. The van der Waals surface area contributed by atoms with Gasteiger partial charge in [-0.2, -0.15) is 0 Å². The van der Waals surface area contributed by atoms with Crippen molar-refractivity contribution in [3.8, 4) is 0 Å². The van der Waals surface area contributed by atoms with Crippen molar-refractivity contribution in [2.45, 2.75) is 109 Å². The first kappa shape index (κ1) is 28.6. The Balaban J connectivity index is 0.00000480. The second-order valence-electron chi connectivity index (χ2n) is 8.55. The fraction of sp³-hybridized carbons (Fsp3) is 0.615. The third kappa shape index (κ3) is 9.55. The van der Waals surface area contributed by atoms with E-state index in [0.29, 0.717) is 12.8 Å². The molecule has 0 aliphatic heterocycles. The van der Waals surface area contributed by atoms with Gasteiger partial charge < -0.3 is 4.55 Å². The molecule has 2 aromatic carbocycles. The fourth-order valence-electron chi connectivity index (χ4n) is 4.39. The summed E-state index contributed by atoms with van der Waals surface area (Å²) in [6.07, 6.45) is 15.1. The Hall–Kier alpha value is -0.390. The van der Waals surface area contributed by atoms with Crippen molar-refractivity contribution in [1.82, 2.24) is 0 Å². The van der Waals surface area contributed by atoms with Gasteiger partial charge in [0, 0.05) is 0 Å². The number of hydrogen-bond acceptors (Lipinski definition) is 3. The molecule has 2 rings (SSSR count). The number of fused-ring (bicyclic) bond motifs is 1. The van der Waals surface area contributed by atoms with Gasteiger partial charge in [0.15, 0.2) is 0 Å². The van der Waals surface area contributed by atoms with Crippen LogP contribution in [0, 0.1) is 0 Å². The van der Waals surface area contributed by atoms with Crippen molar-refractivity contribution in [2.75, 3.05) is 0 Å². The van der Waals surface area contributed by atoms with Crippen molar-refractivity contribution in [1.29, 1.82) is 0 Å². The molecule has 0 aromatic heterocycles. The Morgan fingerprint density at radius 1 is 0.742 bits per heavy atom. The standard InChI is InChI=1S/C26H40O3S.Na/c1-3-5-7-9-11-13-18-23-21-22-17-15-16-19-24(22)25(26(23)30(27,28)29)20-14-12-10-8-6-4-2;/h15-17,19,21H,3-14,18,20H2,1-2H3,(H,27,28,29);/q;+1/p-1. The molecule has 0 heterocycles. The van der Waals surface area contributed by atoms with Gasteiger partial charge in [0.2, 0.25) is 0 Å². The largest absolute Gasteiger partial charge is 1.00 e. The van der Waals surface area contributed by atoms with Crippen LogP contribution in [0.1, 0.15) is 102 Å². The van der Waals surface area contributed by atoms with Crippen molar-refractivity contribution in [2.24, 2.45) is 0 Å². The second kappa shape index (κ2) is 15.4. The monoisotopic (exact) mass is 454 g/mol. The van der Waals surface area contributed by atoms with Gasteiger partial charge in [0.05, 0.1) is 4.90 Å². The topological polar surface area (TPSA) is 57.2 Å². The average molecular weight is 455 g/mol. The number of benzene rings is 2. The van der Waals surface area contributed by atoms with Crippen LogP contribution in [0.15, 0.2) is 35.2 Å². The number of hydrogen-bond donors (Lipinski definition) is 0. The molecule has 0 atom stereocenters. The molecule has 0 spiro atoms. The summed E-state index contributed by atoms with van der Waals surface area (Å²) in [6, 6.07) is 9.85. The molecule has 0 fully saturated rings. The van der Waals surface area contributed by atoms with Gasteiger partial charge in [-0.3, -0.25) is 0 Å². The summed E-state index contributed by atoms with van der Waals surface area (Å²) < 4.78 is 36.9. The first-order chi connectivity index (χ1) is 14.5. The summed E-state index contributed by atoms with van der Waals surface area (Å²) in [5, 5.41) is 1.97. The van der Waals surface area contributed by atoms with Crippen LogP contribution in [-0.4, -0.2) is 13.0 Å². The molecule has 0 bridgehead atoms. The molecular weight excluding hydrogens is 415 g/mol. The van der Waals surface area contributed by atoms with Crippen LogP contribution in [0.4, 0.5) is 0 Å². The summed E-state index contributed by atoms with van der Waals surface area (Å²) >= 11 is 0. The zero-order valence-corrected chi connectivity index (χ0v) is 22.7. The predicted molar refractivity (Wildman–Crippen MR) is 126 cm³/mol. The molecule has 0 unspecified atom stereocenters. The quantitative estimate of drug-likeness (QED) is 0.225. The fourth-order valence-corrected chi connectivity index (χ4v) is 5.39. The minimum atomic E-state index is -4.51. The summed E-state index contributed by atoms with van der Waals surface area (Å²) in [7, 11) is -4.51. The minimum Gasteiger partial charge on any atom is -0.744 e. The Labute approximate surface area is 212 Å². The average Bonchev–Trinajstić information content (AvgIpc) is 2.72. The zero-order valence-electron chi connectivity index (χ0n) is 19.9. The molecule has 0 saturated heterocycles. The van der Waals surface area contributed by atoms with Crippen molar-refractivity contribution in [3.63, 3.8) is 0 Å². The Kier molecular flexibility index (Phi) is 14.3. The van der Waals surface area contributed by atoms with Crippen LogP contribution in [0.3, 0.4) is 0 Å². The molecule has 168 valence electrons. The van der Waals surface area contributed by atoms with Gasteiger partial charge in [-0.05, 0) is 53.6 Å². The molecule has 0 aliphatic carbocycles. The van der Waals surface area contributed by atoms with Crippen LogP contribution in [-0.2, 0) is 23.0 Å². The normalized spacial score (nSPS) is 11.6. The number of unbranched alkanes of at least 4 members (excludes halogenated alkanes) is 10. The summed E-state index contributed by atoms with van der Waals surface area (Å²) in [5.74, 6) is 0. The van der Waals surface area contributed by atoms with Gasteiger partial charge in [0.1, 0.15) is 10.1 Å². The predicted octanol–water partition coefficient (Wildman–Crippen LogP) is 4.55. The first-order valence-corrected chi connectivity index (χ1v) is 13.4. The summed E-state index contributed by atoms with van der Waals surface area (Å²) in [4.78, 5) is 0.0725. The van der Waals surface area contributed by atoms with Crippen LogP contribution >= 0.6 is 0 Å². The van der Waals surface area contributed by atoms with Gasteiger partial charge in [-0.25, -0.2) is 8.42 Å². The van der Waals surface area contributed by atoms with E-state index in [1.54, 1.807) is 0 Å². The summed E-state index contributed by atoms with van der Waals surface area (Å²) in [6.45, 7) is 4.40.